The zero-order chi connectivity index (χ0) is 13.0. The standard InChI is InChI=1S/C14H30NP/c1-9-10-11-12-16(15-8,13(2,3)4)14(5,6)7/h9H,1,10-12H2,2-8H3. The van der Waals surface area contributed by atoms with Crippen LogP contribution < -0.4 is 0 Å². The van der Waals surface area contributed by atoms with Crippen LogP contribution in [0.3, 0.4) is 0 Å². The summed E-state index contributed by atoms with van der Waals surface area (Å²) >= 11 is 0. The van der Waals surface area contributed by atoms with E-state index >= 15 is 0 Å². The van der Waals surface area contributed by atoms with Gasteiger partial charge in [0.1, 0.15) is 0 Å². The highest BCUT2D eigenvalue weighted by Gasteiger charge is 2.41. The lowest BCUT2D eigenvalue weighted by atomic mass is 10.2. The molecule has 0 rings (SSSR count). The van der Waals surface area contributed by atoms with Crippen molar-refractivity contribution < 1.29 is 0 Å². The monoisotopic (exact) mass is 243 g/mol. The van der Waals surface area contributed by atoms with Gasteiger partial charge in [-0.1, -0.05) is 47.6 Å². The molecule has 0 unspecified atom stereocenters. The first kappa shape index (κ1) is 16.0. The summed E-state index contributed by atoms with van der Waals surface area (Å²) in [6, 6.07) is 0. The van der Waals surface area contributed by atoms with Crippen LogP contribution in [-0.2, 0) is 0 Å². The maximum Gasteiger partial charge on any atom is 0.0262 e. The van der Waals surface area contributed by atoms with Crippen molar-refractivity contribution in [2.45, 2.75) is 64.7 Å². The Labute approximate surface area is 103 Å². The van der Waals surface area contributed by atoms with Gasteiger partial charge < -0.3 is 4.74 Å². The molecule has 0 spiro atoms. The third kappa shape index (κ3) is 3.23. The highest BCUT2D eigenvalue weighted by molar-refractivity contribution is 7.69. The SMILES string of the molecule is C=CCCCP(=NC)(C(C)(C)C)C(C)(C)C. The summed E-state index contributed by atoms with van der Waals surface area (Å²) in [5.74, 6) is 0. The molecule has 0 amide bonds. The molecule has 0 N–H and O–H groups in total. The fraction of sp³-hybridized carbons (Fsp3) is 0.857. The lowest BCUT2D eigenvalue weighted by Gasteiger charge is -2.46. The van der Waals surface area contributed by atoms with Crippen molar-refractivity contribution in [1.29, 1.82) is 0 Å². The van der Waals surface area contributed by atoms with Crippen LogP contribution >= 0.6 is 7.05 Å². The Kier molecular flexibility index (Phi) is 5.53. The summed E-state index contributed by atoms with van der Waals surface area (Å²) in [5, 5.41) is 0.613. The molecule has 0 aliphatic carbocycles. The molecule has 0 atom stereocenters. The third-order valence-corrected chi connectivity index (χ3v) is 9.54. The van der Waals surface area contributed by atoms with Crippen molar-refractivity contribution in [3.05, 3.63) is 12.7 Å². The first-order valence-corrected chi connectivity index (χ1v) is 8.15. The Morgan fingerprint density at radius 3 is 1.75 bits per heavy atom. The van der Waals surface area contributed by atoms with E-state index in [-0.39, 0.29) is 0 Å². The van der Waals surface area contributed by atoms with E-state index in [4.69, 9.17) is 4.74 Å². The molecule has 0 aromatic rings. The lowest BCUT2D eigenvalue weighted by molar-refractivity contribution is 0.684. The zero-order valence-electron chi connectivity index (χ0n) is 12.3. The van der Waals surface area contributed by atoms with Crippen LogP contribution in [0.25, 0.3) is 0 Å². The molecule has 1 nitrogen and oxygen atoms in total. The molecule has 0 fully saturated rings. The van der Waals surface area contributed by atoms with Crippen molar-refractivity contribution in [2.75, 3.05) is 13.2 Å². The van der Waals surface area contributed by atoms with E-state index in [2.05, 4.69) is 48.1 Å². The highest BCUT2D eigenvalue weighted by Crippen LogP contribution is 2.69. The van der Waals surface area contributed by atoms with E-state index in [1.54, 1.807) is 0 Å². The van der Waals surface area contributed by atoms with Crippen LogP contribution in [0, 0.1) is 0 Å². The predicted octanol–water partition coefficient (Wildman–Crippen LogP) is 5.38. The van der Waals surface area contributed by atoms with Crippen molar-refractivity contribution in [3.8, 4) is 0 Å². The Morgan fingerprint density at radius 2 is 1.50 bits per heavy atom. The Hall–Kier alpha value is -0.0300. The second-order valence-electron chi connectivity index (χ2n) is 6.47. The van der Waals surface area contributed by atoms with Crippen LogP contribution in [0.15, 0.2) is 17.4 Å². The molecule has 0 aromatic carbocycles. The average Bonchev–Trinajstić information content (AvgIpc) is 2.08. The van der Waals surface area contributed by atoms with E-state index in [0.29, 0.717) is 10.3 Å². The van der Waals surface area contributed by atoms with E-state index in [0.717, 1.165) is 6.42 Å². The second kappa shape index (κ2) is 5.54. The third-order valence-electron chi connectivity index (χ3n) is 3.45. The van der Waals surface area contributed by atoms with E-state index in [9.17, 15) is 0 Å². The Morgan fingerprint density at radius 1 is 1.06 bits per heavy atom. The number of allylic oxidation sites excluding steroid dienone is 1. The molecule has 0 aliphatic heterocycles. The molecule has 0 aliphatic rings. The minimum atomic E-state index is -1.30. The van der Waals surface area contributed by atoms with Crippen LogP contribution in [-0.4, -0.2) is 23.5 Å². The van der Waals surface area contributed by atoms with Gasteiger partial charge in [0.25, 0.3) is 0 Å². The Balaban J connectivity index is 5.27. The van der Waals surface area contributed by atoms with Gasteiger partial charge in [0.15, 0.2) is 0 Å². The lowest BCUT2D eigenvalue weighted by Crippen LogP contribution is -2.30. The largest absolute Gasteiger partial charge is 0.305 e. The number of unbranched alkanes of at least 4 members (excludes halogenated alkanes) is 1. The van der Waals surface area contributed by atoms with E-state index in [1.807, 2.05) is 13.1 Å². The fourth-order valence-electron chi connectivity index (χ4n) is 2.84. The molecular formula is C14H30NP. The molecule has 0 heterocycles. The van der Waals surface area contributed by atoms with Gasteiger partial charge in [-0.25, -0.2) is 0 Å². The number of hydrogen-bond donors (Lipinski definition) is 0. The fourth-order valence-corrected chi connectivity index (χ4v) is 8.24. The number of nitrogens with zero attached hydrogens (tertiary/aromatic N) is 1. The summed E-state index contributed by atoms with van der Waals surface area (Å²) in [7, 11) is 0.729. The van der Waals surface area contributed by atoms with Crippen LogP contribution in [0.2, 0.25) is 0 Å². The normalized spacial score (nSPS) is 13.7. The van der Waals surface area contributed by atoms with Gasteiger partial charge in [-0.05, 0) is 36.4 Å². The van der Waals surface area contributed by atoms with E-state index < -0.39 is 7.05 Å². The molecule has 0 bridgehead atoms. The first-order chi connectivity index (χ1) is 7.12. The smallest absolute Gasteiger partial charge is 0.0262 e. The minimum absolute atomic E-state index is 0.307. The van der Waals surface area contributed by atoms with Gasteiger partial charge in [-0.3, -0.25) is 0 Å². The number of rotatable bonds is 4. The predicted molar refractivity (Wildman–Crippen MR) is 79.1 cm³/mol. The zero-order valence-corrected chi connectivity index (χ0v) is 13.2. The van der Waals surface area contributed by atoms with Gasteiger partial charge in [-0.2, -0.15) is 0 Å². The average molecular weight is 243 g/mol. The summed E-state index contributed by atoms with van der Waals surface area (Å²) < 4.78 is 4.91. The van der Waals surface area contributed by atoms with Gasteiger partial charge in [0, 0.05) is 7.05 Å². The maximum atomic E-state index is 4.91. The molecule has 96 valence electrons. The van der Waals surface area contributed by atoms with Gasteiger partial charge >= 0.3 is 0 Å². The van der Waals surface area contributed by atoms with Crippen molar-refractivity contribution in [2.24, 2.45) is 4.74 Å². The van der Waals surface area contributed by atoms with Crippen LogP contribution in [0.1, 0.15) is 54.4 Å². The number of hydrogen-bond acceptors (Lipinski definition) is 1. The molecule has 0 saturated carbocycles. The molecule has 16 heavy (non-hydrogen) atoms. The highest BCUT2D eigenvalue weighted by atomic mass is 31.2. The first-order valence-electron chi connectivity index (χ1n) is 6.23. The molecule has 0 saturated heterocycles. The molecule has 0 aromatic heterocycles. The van der Waals surface area contributed by atoms with Gasteiger partial charge in [-0.15, -0.1) is 6.58 Å². The summed E-state index contributed by atoms with van der Waals surface area (Å²) in [5.41, 5.74) is 0. The molecule has 2 heteroatoms. The van der Waals surface area contributed by atoms with E-state index in [1.165, 1.54) is 12.6 Å². The van der Waals surface area contributed by atoms with Gasteiger partial charge in [0.2, 0.25) is 0 Å². The Bertz CT molecular complexity index is 258. The topological polar surface area (TPSA) is 12.4 Å². The maximum absolute atomic E-state index is 4.91. The molecular weight excluding hydrogens is 213 g/mol. The van der Waals surface area contributed by atoms with Crippen LogP contribution in [0.5, 0.6) is 0 Å². The minimum Gasteiger partial charge on any atom is -0.305 e. The quantitative estimate of drug-likeness (QED) is 0.357. The molecule has 0 radical (unpaired) electrons. The van der Waals surface area contributed by atoms with Crippen LogP contribution in [0.4, 0.5) is 0 Å². The summed E-state index contributed by atoms with van der Waals surface area (Å²) in [6.07, 6.45) is 5.62. The van der Waals surface area contributed by atoms with Crippen molar-refractivity contribution in [1.82, 2.24) is 0 Å². The van der Waals surface area contributed by atoms with Gasteiger partial charge in [0.05, 0.1) is 0 Å². The second-order valence-corrected chi connectivity index (χ2v) is 11.5. The van der Waals surface area contributed by atoms with Crippen molar-refractivity contribution in [3.63, 3.8) is 0 Å². The van der Waals surface area contributed by atoms with Crippen molar-refractivity contribution >= 4 is 7.05 Å². The summed E-state index contributed by atoms with van der Waals surface area (Å²) in [6.45, 7) is 17.9. The summed E-state index contributed by atoms with van der Waals surface area (Å²) in [4.78, 5) is 0.